The van der Waals surface area contributed by atoms with Crippen molar-refractivity contribution in [2.75, 3.05) is 20.3 Å². The Kier molecular flexibility index (Phi) is 6.51. The highest BCUT2D eigenvalue weighted by molar-refractivity contribution is 4.64. The highest BCUT2D eigenvalue weighted by Gasteiger charge is 2.07. The first kappa shape index (κ1) is 10.9. The summed E-state index contributed by atoms with van der Waals surface area (Å²) in [6, 6.07) is 0.102. The van der Waals surface area contributed by atoms with E-state index < -0.39 is 0 Å². The van der Waals surface area contributed by atoms with E-state index in [-0.39, 0.29) is 12.1 Å². The van der Waals surface area contributed by atoms with Crippen molar-refractivity contribution in [1.29, 1.82) is 0 Å². The zero-order chi connectivity index (χ0) is 8.69. The van der Waals surface area contributed by atoms with E-state index in [1.807, 2.05) is 13.8 Å². The molecule has 0 spiro atoms. The molecule has 0 aliphatic heterocycles. The Bertz CT molecular complexity index is 88.2. The van der Waals surface area contributed by atoms with Gasteiger partial charge in [-0.1, -0.05) is 0 Å². The molecule has 0 aliphatic carbocycles. The van der Waals surface area contributed by atoms with Crippen LogP contribution in [0, 0.1) is 0 Å². The van der Waals surface area contributed by atoms with Gasteiger partial charge in [-0.15, -0.1) is 0 Å². The fourth-order valence-corrected chi connectivity index (χ4v) is 0.860. The van der Waals surface area contributed by atoms with Crippen molar-refractivity contribution in [3.8, 4) is 0 Å². The zero-order valence-corrected chi connectivity index (χ0v) is 7.67. The smallest absolute Gasteiger partial charge is 0.0618 e. The Labute approximate surface area is 68.9 Å². The van der Waals surface area contributed by atoms with Crippen molar-refractivity contribution in [3.63, 3.8) is 0 Å². The van der Waals surface area contributed by atoms with Crippen LogP contribution in [0.2, 0.25) is 0 Å². The van der Waals surface area contributed by atoms with Crippen LogP contribution in [0.4, 0.5) is 0 Å². The third-order valence-corrected chi connectivity index (χ3v) is 1.57. The Hall–Kier alpha value is -0.120. The average Bonchev–Trinajstić information content (AvgIpc) is 2.00. The summed E-state index contributed by atoms with van der Waals surface area (Å²) in [4.78, 5) is 0. The second-order valence-corrected chi connectivity index (χ2v) is 2.70. The maximum Gasteiger partial charge on any atom is 0.0618 e. The Morgan fingerprint density at radius 1 is 1.45 bits per heavy atom. The zero-order valence-electron chi connectivity index (χ0n) is 7.67. The summed E-state index contributed by atoms with van der Waals surface area (Å²) in [7, 11) is 1.69. The number of hydrogen-bond donors (Lipinski definition) is 1. The normalized spacial score (nSPS) is 16.4. The molecular weight excluding hydrogens is 142 g/mol. The summed E-state index contributed by atoms with van der Waals surface area (Å²) >= 11 is 0. The lowest BCUT2D eigenvalue weighted by Crippen LogP contribution is -2.30. The lowest BCUT2D eigenvalue weighted by molar-refractivity contribution is 0.0785. The van der Waals surface area contributed by atoms with Gasteiger partial charge in [-0.25, -0.2) is 0 Å². The molecule has 2 N–H and O–H groups in total. The molecule has 68 valence electrons. The monoisotopic (exact) mass is 161 g/mol. The molecule has 0 radical (unpaired) electrons. The van der Waals surface area contributed by atoms with Gasteiger partial charge in [0.15, 0.2) is 0 Å². The van der Waals surface area contributed by atoms with Gasteiger partial charge in [0.05, 0.1) is 12.7 Å². The first-order valence-electron chi connectivity index (χ1n) is 4.06. The summed E-state index contributed by atoms with van der Waals surface area (Å²) in [5.74, 6) is 0. The van der Waals surface area contributed by atoms with Crippen molar-refractivity contribution < 1.29 is 9.47 Å². The predicted molar refractivity (Wildman–Crippen MR) is 45.6 cm³/mol. The van der Waals surface area contributed by atoms with Crippen LogP contribution in [0.1, 0.15) is 20.3 Å². The number of rotatable bonds is 6. The van der Waals surface area contributed by atoms with Crippen LogP contribution < -0.4 is 5.73 Å². The minimum Gasteiger partial charge on any atom is -0.382 e. The Balaban J connectivity index is 3.27. The van der Waals surface area contributed by atoms with E-state index >= 15 is 0 Å². The van der Waals surface area contributed by atoms with Crippen LogP contribution in [-0.4, -0.2) is 32.5 Å². The molecule has 0 aromatic rings. The fourth-order valence-electron chi connectivity index (χ4n) is 0.860. The average molecular weight is 161 g/mol. The lowest BCUT2D eigenvalue weighted by Gasteiger charge is -2.15. The second kappa shape index (κ2) is 6.58. The first-order valence-corrected chi connectivity index (χ1v) is 4.06. The molecule has 0 aromatic heterocycles. The van der Waals surface area contributed by atoms with Gasteiger partial charge < -0.3 is 15.2 Å². The SMILES string of the molecule is CCOCC(N)CC(C)OC. The van der Waals surface area contributed by atoms with Gasteiger partial charge in [0.2, 0.25) is 0 Å². The fraction of sp³-hybridized carbons (Fsp3) is 1.00. The molecule has 0 amide bonds. The highest BCUT2D eigenvalue weighted by Crippen LogP contribution is 1.99. The molecule has 3 nitrogen and oxygen atoms in total. The summed E-state index contributed by atoms with van der Waals surface area (Å²) in [5.41, 5.74) is 5.73. The van der Waals surface area contributed by atoms with Crippen LogP contribution in [-0.2, 0) is 9.47 Å². The number of methoxy groups -OCH3 is 1. The van der Waals surface area contributed by atoms with Gasteiger partial charge in [-0.05, 0) is 20.3 Å². The molecule has 0 aliphatic rings. The molecule has 3 heteroatoms. The van der Waals surface area contributed by atoms with E-state index in [4.69, 9.17) is 15.2 Å². The maximum atomic E-state index is 5.73. The molecule has 0 aromatic carbocycles. The molecule has 11 heavy (non-hydrogen) atoms. The van der Waals surface area contributed by atoms with Gasteiger partial charge in [0.25, 0.3) is 0 Å². The molecule has 2 unspecified atom stereocenters. The molecule has 0 heterocycles. The molecule has 0 bridgehead atoms. The Morgan fingerprint density at radius 3 is 2.55 bits per heavy atom. The van der Waals surface area contributed by atoms with Crippen LogP contribution in [0.3, 0.4) is 0 Å². The molecular formula is C8H19NO2. The molecule has 0 saturated carbocycles. The van der Waals surface area contributed by atoms with E-state index in [9.17, 15) is 0 Å². The molecule has 0 saturated heterocycles. The summed E-state index contributed by atoms with van der Waals surface area (Å²) < 4.78 is 10.2. The number of nitrogens with two attached hydrogens (primary N) is 1. The van der Waals surface area contributed by atoms with Crippen LogP contribution in [0.15, 0.2) is 0 Å². The van der Waals surface area contributed by atoms with E-state index in [1.54, 1.807) is 7.11 Å². The quantitative estimate of drug-likeness (QED) is 0.626. The number of hydrogen-bond acceptors (Lipinski definition) is 3. The topological polar surface area (TPSA) is 44.5 Å². The first-order chi connectivity index (χ1) is 5.20. The van der Waals surface area contributed by atoms with E-state index in [1.165, 1.54) is 0 Å². The van der Waals surface area contributed by atoms with Crippen LogP contribution >= 0.6 is 0 Å². The standard InChI is InChI=1S/C8H19NO2/c1-4-11-6-8(9)5-7(2)10-3/h7-8H,4-6,9H2,1-3H3. The minimum absolute atomic E-state index is 0.102. The summed E-state index contributed by atoms with van der Waals surface area (Å²) in [6.07, 6.45) is 1.08. The third kappa shape index (κ3) is 6.28. The third-order valence-electron chi connectivity index (χ3n) is 1.57. The van der Waals surface area contributed by atoms with E-state index in [0.29, 0.717) is 6.61 Å². The van der Waals surface area contributed by atoms with Gasteiger partial charge in [0, 0.05) is 19.8 Å². The van der Waals surface area contributed by atoms with E-state index in [2.05, 4.69) is 0 Å². The van der Waals surface area contributed by atoms with Gasteiger partial charge in [-0.3, -0.25) is 0 Å². The van der Waals surface area contributed by atoms with Crippen molar-refractivity contribution in [1.82, 2.24) is 0 Å². The second-order valence-electron chi connectivity index (χ2n) is 2.70. The summed E-state index contributed by atoms with van der Waals surface area (Å²) in [5, 5.41) is 0. The van der Waals surface area contributed by atoms with Crippen LogP contribution in [0.5, 0.6) is 0 Å². The van der Waals surface area contributed by atoms with Crippen molar-refractivity contribution >= 4 is 0 Å². The van der Waals surface area contributed by atoms with Crippen LogP contribution in [0.25, 0.3) is 0 Å². The molecule has 2 atom stereocenters. The van der Waals surface area contributed by atoms with Gasteiger partial charge in [-0.2, -0.15) is 0 Å². The van der Waals surface area contributed by atoms with Crippen molar-refractivity contribution in [2.45, 2.75) is 32.4 Å². The van der Waals surface area contributed by atoms with Gasteiger partial charge >= 0.3 is 0 Å². The Morgan fingerprint density at radius 2 is 2.09 bits per heavy atom. The predicted octanol–water partition coefficient (Wildman–Crippen LogP) is 0.775. The van der Waals surface area contributed by atoms with E-state index in [0.717, 1.165) is 13.0 Å². The minimum atomic E-state index is 0.102. The maximum absolute atomic E-state index is 5.73. The molecule has 0 rings (SSSR count). The van der Waals surface area contributed by atoms with Crippen molar-refractivity contribution in [3.05, 3.63) is 0 Å². The summed E-state index contributed by atoms with van der Waals surface area (Å²) in [6.45, 7) is 5.33. The van der Waals surface area contributed by atoms with Crippen molar-refractivity contribution in [2.24, 2.45) is 5.73 Å². The lowest BCUT2D eigenvalue weighted by atomic mass is 10.1. The highest BCUT2D eigenvalue weighted by atomic mass is 16.5. The largest absolute Gasteiger partial charge is 0.382 e. The number of ether oxygens (including phenoxy) is 2. The van der Waals surface area contributed by atoms with Gasteiger partial charge in [0.1, 0.15) is 0 Å². The molecule has 0 fully saturated rings.